The second-order valence-corrected chi connectivity index (χ2v) is 6.37. The molecule has 1 aliphatic rings. The first kappa shape index (κ1) is 18.5. The fraction of sp³-hybridized carbons (Fsp3) is 0.450. The van der Waals surface area contributed by atoms with E-state index in [9.17, 15) is 0 Å². The van der Waals surface area contributed by atoms with Crippen molar-refractivity contribution in [2.45, 2.75) is 13.1 Å². The highest BCUT2D eigenvalue weighted by Gasteiger charge is 2.21. The van der Waals surface area contributed by atoms with E-state index >= 15 is 0 Å². The molecular weight excluding hydrogens is 330 g/mol. The van der Waals surface area contributed by atoms with Gasteiger partial charge in [0.15, 0.2) is 11.5 Å². The first-order valence-corrected chi connectivity index (χ1v) is 8.87. The highest BCUT2D eigenvalue weighted by molar-refractivity contribution is 5.55. The van der Waals surface area contributed by atoms with Crippen LogP contribution in [0.2, 0.25) is 0 Å². The van der Waals surface area contributed by atoms with Gasteiger partial charge in [-0.15, -0.1) is 0 Å². The Morgan fingerprint density at radius 2 is 1.50 bits per heavy atom. The van der Waals surface area contributed by atoms with Gasteiger partial charge in [0, 0.05) is 51.0 Å². The lowest BCUT2D eigenvalue weighted by Crippen LogP contribution is -2.45. The molecule has 0 unspecified atom stereocenters. The molecule has 0 saturated carbocycles. The van der Waals surface area contributed by atoms with Crippen LogP contribution in [-0.2, 0) is 13.1 Å². The number of piperazine rings is 1. The van der Waals surface area contributed by atoms with Gasteiger partial charge >= 0.3 is 0 Å². The molecule has 1 aliphatic heterocycles. The number of hydrogen-bond donors (Lipinski definition) is 0. The third kappa shape index (κ3) is 4.26. The number of ether oxygens (including phenoxy) is 3. The number of aromatic nitrogens is 1. The largest absolute Gasteiger partial charge is 0.493 e. The molecule has 1 aromatic heterocycles. The van der Waals surface area contributed by atoms with Crippen LogP contribution in [0.1, 0.15) is 11.3 Å². The Balaban J connectivity index is 1.61. The Labute approximate surface area is 155 Å². The zero-order valence-corrected chi connectivity index (χ0v) is 15.8. The van der Waals surface area contributed by atoms with Crippen molar-refractivity contribution in [3.8, 4) is 17.2 Å². The molecule has 0 bridgehead atoms. The summed E-state index contributed by atoms with van der Waals surface area (Å²) in [6.07, 6.45) is 1.86. The van der Waals surface area contributed by atoms with E-state index in [0.717, 1.165) is 56.3 Å². The monoisotopic (exact) mass is 357 g/mol. The maximum atomic E-state index is 5.60. The van der Waals surface area contributed by atoms with Gasteiger partial charge in [-0.3, -0.25) is 14.8 Å². The Hall–Kier alpha value is -2.31. The maximum absolute atomic E-state index is 5.60. The normalized spacial score (nSPS) is 15.7. The molecule has 0 N–H and O–H groups in total. The first-order valence-electron chi connectivity index (χ1n) is 8.87. The Kier molecular flexibility index (Phi) is 6.30. The summed E-state index contributed by atoms with van der Waals surface area (Å²) >= 11 is 0. The summed E-state index contributed by atoms with van der Waals surface area (Å²) in [7, 11) is 4.95. The smallest absolute Gasteiger partial charge is 0.203 e. The Morgan fingerprint density at radius 1 is 0.808 bits per heavy atom. The predicted octanol–water partition coefficient (Wildman–Crippen LogP) is 2.43. The quantitative estimate of drug-likeness (QED) is 0.758. The van der Waals surface area contributed by atoms with Crippen LogP contribution < -0.4 is 14.2 Å². The Morgan fingerprint density at radius 3 is 2.08 bits per heavy atom. The summed E-state index contributed by atoms with van der Waals surface area (Å²) in [6, 6.07) is 10.1. The van der Waals surface area contributed by atoms with Crippen LogP contribution >= 0.6 is 0 Å². The van der Waals surface area contributed by atoms with E-state index in [1.54, 1.807) is 21.3 Å². The molecule has 6 nitrogen and oxygen atoms in total. The number of pyridine rings is 1. The Bertz CT molecular complexity index is 701. The van der Waals surface area contributed by atoms with Crippen LogP contribution in [0.4, 0.5) is 0 Å². The molecule has 0 spiro atoms. The third-order valence-electron chi connectivity index (χ3n) is 4.76. The van der Waals surface area contributed by atoms with Crippen LogP contribution in [0.25, 0.3) is 0 Å². The van der Waals surface area contributed by atoms with Gasteiger partial charge in [0.05, 0.1) is 27.0 Å². The average molecular weight is 357 g/mol. The minimum absolute atomic E-state index is 0.654. The van der Waals surface area contributed by atoms with Gasteiger partial charge < -0.3 is 14.2 Å². The van der Waals surface area contributed by atoms with Crippen LogP contribution in [0, 0.1) is 0 Å². The molecule has 0 amide bonds. The van der Waals surface area contributed by atoms with Crippen LogP contribution in [-0.4, -0.2) is 62.3 Å². The SMILES string of the molecule is COc1ccc(CN2CCN(Cc3ccccn3)CC2)c(OC)c1OC. The lowest BCUT2D eigenvalue weighted by Gasteiger charge is -2.34. The number of rotatable bonds is 7. The second kappa shape index (κ2) is 8.87. The number of methoxy groups -OCH3 is 3. The number of nitrogens with zero attached hydrogens (tertiary/aromatic N) is 3. The summed E-state index contributed by atoms with van der Waals surface area (Å²) in [5, 5.41) is 0. The fourth-order valence-corrected chi connectivity index (χ4v) is 3.35. The molecule has 0 aliphatic carbocycles. The summed E-state index contributed by atoms with van der Waals surface area (Å²) in [4.78, 5) is 9.31. The topological polar surface area (TPSA) is 47.1 Å². The maximum Gasteiger partial charge on any atom is 0.203 e. The molecule has 2 heterocycles. The summed E-state index contributed by atoms with van der Waals surface area (Å²) in [6.45, 7) is 5.85. The van der Waals surface area contributed by atoms with Crippen LogP contribution in [0.3, 0.4) is 0 Å². The highest BCUT2D eigenvalue weighted by atomic mass is 16.5. The molecule has 6 heteroatoms. The van der Waals surface area contributed by atoms with E-state index in [0.29, 0.717) is 11.5 Å². The van der Waals surface area contributed by atoms with Gasteiger partial charge in [-0.05, 0) is 18.2 Å². The van der Waals surface area contributed by atoms with Gasteiger partial charge in [0.25, 0.3) is 0 Å². The minimum Gasteiger partial charge on any atom is -0.493 e. The van der Waals surface area contributed by atoms with Crippen LogP contribution in [0.5, 0.6) is 17.2 Å². The van der Waals surface area contributed by atoms with Crippen molar-refractivity contribution in [2.75, 3.05) is 47.5 Å². The molecule has 1 aromatic carbocycles. The molecule has 26 heavy (non-hydrogen) atoms. The van der Waals surface area contributed by atoms with E-state index < -0.39 is 0 Å². The van der Waals surface area contributed by atoms with Crippen LogP contribution in [0.15, 0.2) is 36.5 Å². The third-order valence-corrected chi connectivity index (χ3v) is 4.76. The lowest BCUT2D eigenvalue weighted by atomic mass is 10.1. The van der Waals surface area contributed by atoms with Crippen molar-refractivity contribution < 1.29 is 14.2 Å². The van der Waals surface area contributed by atoms with Crippen molar-refractivity contribution in [3.63, 3.8) is 0 Å². The minimum atomic E-state index is 0.654. The van der Waals surface area contributed by atoms with Crippen molar-refractivity contribution in [1.29, 1.82) is 0 Å². The molecule has 1 fully saturated rings. The predicted molar refractivity (Wildman–Crippen MR) is 101 cm³/mol. The van der Waals surface area contributed by atoms with Gasteiger partial charge in [-0.25, -0.2) is 0 Å². The molecule has 1 saturated heterocycles. The van der Waals surface area contributed by atoms with E-state index in [4.69, 9.17) is 14.2 Å². The molecule has 140 valence electrons. The fourth-order valence-electron chi connectivity index (χ4n) is 3.35. The second-order valence-electron chi connectivity index (χ2n) is 6.37. The summed E-state index contributed by atoms with van der Waals surface area (Å²) in [5.41, 5.74) is 2.24. The van der Waals surface area contributed by atoms with Gasteiger partial charge in [0.1, 0.15) is 0 Å². The standard InChI is InChI=1S/C20H27N3O3/c1-24-18-8-7-16(19(25-2)20(18)26-3)14-22-10-12-23(13-11-22)15-17-6-4-5-9-21-17/h4-9H,10-15H2,1-3H3. The molecule has 0 atom stereocenters. The van der Waals surface area contributed by atoms with E-state index in [1.807, 2.05) is 24.4 Å². The summed E-state index contributed by atoms with van der Waals surface area (Å²) < 4.78 is 16.5. The molecule has 2 aromatic rings. The molecule has 3 rings (SSSR count). The number of benzene rings is 1. The van der Waals surface area contributed by atoms with Crippen molar-refractivity contribution in [1.82, 2.24) is 14.8 Å². The van der Waals surface area contributed by atoms with Crippen molar-refractivity contribution in [3.05, 3.63) is 47.8 Å². The van der Waals surface area contributed by atoms with Gasteiger partial charge in [-0.2, -0.15) is 0 Å². The highest BCUT2D eigenvalue weighted by Crippen LogP contribution is 2.40. The van der Waals surface area contributed by atoms with E-state index in [-0.39, 0.29) is 0 Å². The van der Waals surface area contributed by atoms with E-state index in [1.165, 1.54) is 0 Å². The van der Waals surface area contributed by atoms with E-state index in [2.05, 4.69) is 26.9 Å². The summed E-state index contributed by atoms with van der Waals surface area (Å²) in [5.74, 6) is 2.09. The lowest BCUT2D eigenvalue weighted by molar-refractivity contribution is 0.120. The van der Waals surface area contributed by atoms with Gasteiger partial charge in [-0.1, -0.05) is 12.1 Å². The molecule has 0 radical (unpaired) electrons. The van der Waals surface area contributed by atoms with Crippen molar-refractivity contribution in [2.24, 2.45) is 0 Å². The first-order chi connectivity index (χ1) is 12.7. The van der Waals surface area contributed by atoms with Crippen molar-refractivity contribution >= 4 is 0 Å². The average Bonchev–Trinajstić information content (AvgIpc) is 2.69. The molecular formula is C20H27N3O3. The van der Waals surface area contributed by atoms with Gasteiger partial charge in [0.2, 0.25) is 5.75 Å². The zero-order chi connectivity index (χ0) is 18.4. The zero-order valence-electron chi connectivity index (χ0n) is 15.8. The number of hydrogen-bond acceptors (Lipinski definition) is 6.